The van der Waals surface area contributed by atoms with Gasteiger partial charge in [-0.2, -0.15) is 0 Å². The van der Waals surface area contributed by atoms with E-state index in [1.807, 2.05) is 6.08 Å². The fourth-order valence-electron chi connectivity index (χ4n) is 10.6. The second kappa shape index (κ2) is 50.9. The zero-order valence-corrected chi connectivity index (χ0v) is 53.6. The van der Waals surface area contributed by atoms with Crippen LogP contribution in [0.4, 0.5) is 0 Å². The van der Waals surface area contributed by atoms with Crippen LogP contribution in [0.5, 0.6) is 0 Å². The second-order valence-corrected chi connectivity index (χ2v) is 23.5. The Hall–Kier alpha value is -3.55. The van der Waals surface area contributed by atoms with Gasteiger partial charge < -0.3 is 89.9 Å². The van der Waals surface area contributed by atoms with Gasteiger partial charge in [-0.3, -0.25) is 4.79 Å². The molecule has 3 fully saturated rings. The van der Waals surface area contributed by atoms with Crippen molar-refractivity contribution in [2.75, 3.05) is 26.4 Å². The van der Waals surface area contributed by atoms with Crippen molar-refractivity contribution in [3.05, 3.63) is 109 Å². The van der Waals surface area contributed by atoms with Gasteiger partial charge in [-0.25, -0.2) is 0 Å². The zero-order valence-electron chi connectivity index (χ0n) is 53.6. The van der Waals surface area contributed by atoms with E-state index in [1.165, 1.54) is 57.8 Å². The molecule has 1 amide bonds. The third kappa shape index (κ3) is 33.2. The van der Waals surface area contributed by atoms with Crippen LogP contribution in [0.1, 0.15) is 194 Å². The Morgan fingerprint density at radius 3 is 1.26 bits per heavy atom. The molecule has 0 radical (unpaired) electrons. The average molecular weight is 1260 g/mol. The summed E-state index contributed by atoms with van der Waals surface area (Å²) >= 11 is 0. The van der Waals surface area contributed by atoms with Gasteiger partial charge in [0.05, 0.1) is 38.6 Å². The van der Waals surface area contributed by atoms with Crippen molar-refractivity contribution in [3.8, 4) is 0 Å². The fourth-order valence-corrected chi connectivity index (χ4v) is 10.6. The predicted octanol–water partition coefficient (Wildman–Crippen LogP) is 8.27. The molecule has 0 aromatic rings. The minimum absolute atomic E-state index is 0.227. The monoisotopic (exact) mass is 1260 g/mol. The number of aliphatic hydroxyl groups is 11. The van der Waals surface area contributed by atoms with Crippen molar-refractivity contribution >= 4 is 5.91 Å². The summed E-state index contributed by atoms with van der Waals surface area (Å²) in [7, 11) is 0. The Balaban J connectivity index is 1.33. The Morgan fingerprint density at radius 2 is 0.787 bits per heavy atom. The van der Waals surface area contributed by atoms with Gasteiger partial charge in [-0.05, 0) is 89.9 Å². The number of nitrogens with one attached hydrogen (secondary N) is 1. The van der Waals surface area contributed by atoms with Gasteiger partial charge in [0.1, 0.15) is 73.2 Å². The Kier molecular flexibility index (Phi) is 45.6. The number of allylic oxidation sites excluding steroid dienone is 17. The van der Waals surface area contributed by atoms with E-state index in [-0.39, 0.29) is 18.9 Å². The first-order valence-corrected chi connectivity index (χ1v) is 33.6. The lowest BCUT2D eigenvalue weighted by molar-refractivity contribution is -0.379. The Labute approximate surface area is 532 Å². The molecule has 19 heteroatoms. The quantitative estimate of drug-likeness (QED) is 0.0201. The highest BCUT2D eigenvalue weighted by Crippen LogP contribution is 2.33. The lowest BCUT2D eigenvalue weighted by atomic mass is 9.96. The number of amides is 1. The average Bonchev–Trinajstić information content (AvgIpc) is 1.40. The molecule has 12 N–H and O–H groups in total. The van der Waals surface area contributed by atoms with Crippen LogP contribution in [0.3, 0.4) is 0 Å². The summed E-state index contributed by atoms with van der Waals surface area (Å²) < 4.78 is 34.2. The maximum absolute atomic E-state index is 13.3. The molecular weight excluding hydrogens is 1140 g/mol. The smallest absolute Gasteiger partial charge is 0.220 e. The van der Waals surface area contributed by atoms with E-state index < -0.39 is 124 Å². The predicted molar refractivity (Wildman–Crippen MR) is 346 cm³/mol. The SMILES string of the molecule is CC/C=C\C/C=C\C/C=C\C/C=C\C/C=C\C/C=C\C/C=C\CCCCCCCCCCCCCCCC(=O)NC(COC1OC(CO)C(OC2OC(CO)C(OC3OC(CO)C(O)C(O)C3O)C(O)C2O)C(O)C1O)C(O)/C=C/CC/C=C/CCCCC. The van der Waals surface area contributed by atoms with E-state index in [0.717, 1.165) is 103 Å². The van der Waals surface area contributed by atoms with Crippen LogP contribution < -0.4 is 5.32 Å². The molecule has 89 heavy (non-hydrogen) atoms. The number of ether oxygens (including phenoxy) is 6. The van der Waals surface area contributed by atoms with Crippen LogP contribution in [0, 0.1) is 0 Å². The summed E-state index contributed by atoms with van der Waals surface area (Å²) in [6.45, 7) is 1.50. The third-order valence-electron chi connectivity index (χ3n) is 16.1. The van der Waals surface area contributed by atoms with Gasteiger partial charge >= 0.3 is 0 Å². The topological polar surface area (TPSA) is 307 Å². The summed E-state index contributed by atoms with van der Waals surface area (Å²) in [5.74, 6) is -0.295. The lowest BCUT2D eigenvalue weighted by Crippen LogP contribution is -2.66. The molecule has 17 atom stereocenters. The summed E-state index contributed by atoms with van der Waals surface area (Å²) in [6.07, 6.45) is 41.1. The number of rotatable bonds is 49. The highest BCUT2D eigenvalue weighted by molar-refractivity contribution is 5.76. The van der Waals surface area contributed by atoms with E-state index in [2.05, 4.69) is 116 Å². The minimum atomic E-state index is -1.98. The molecule has 3 saturated heterocycles. The molecule has 3 aliphatic heterocycles. The van der Waals surface area contributed by atoms with Crippen LogP contribution in [0.25, 0.3) is 0 Å². The van der Waals surface area contributed by atoms with Crippen LogP contribution in [-0.4, -0.2) is 193 Å². The number of carbonyl (C=O) groups excluding carboxylic acids is 1. The van der Waals surface area contributed by atoms with Gasteiger partial charge in [-0.1, -0.05) is 207 Å². The lowest BCUT2D eigenvalue weighted by Gasteiger charge is -2.48. The second-order valence-electron chi connectivity index (χ2n) is 23.5. The standard InChI is InChI=1S/C70H117NO18/c1-3-5-7-9-11-13-14-15-16-17-18-19-20-21-22-23-24-25-26-27-28-29-30-31-32-33-34-35-36-37-38-40-42-44-46-48-58(76)71-53(54(75)47-45-43-41-39-12-10-8-6-4-2)52-84-68-64(82)61(79)66(56(50-73)86-68)89-70-65(83)62(80)67(57(51-74)87-70)88-69-63(81)60(78)59(77)55(49-72)85-69/h5,7,11-13,15-16,18-19,21-22,24-25,27-28,39,45,47,53-57,59-70,72-75,77-83H,3-4,6,8-10,14,17,20,23,26,29-38,40-44,46,48-52H2,1-2H3,(H,71,76)/b7-5-,13-11-,16-15-,19-18-,22-21-,25-24-,28-27-,39-12+,47-45+. The van der Waals surface area contributed by atoms with E-state index >= 15 is 0 Å². The molecule has 0 saturated carbocycles. The highest BCUT2D eigenvalue weighted by atomic mass is 16.8. The largest absolute Gasteiger partial charge is 0.394 e. The van der Waals surface area contributed by atoms with Crippen molar-refractivity contribution in [1.82, 2.24) is 5.32 Å². The number of unbranched alkanes of at least 4 members (excludes halogenated alkanes) is 17. The molecule has 510 valence electrons. The van der Waals surface area contributed by atoms with Crippen molar-refractivity contribution < 1.29 is 89.4 Å². The molecule has 0 aliphatic carbocycles. The molecule has 3 heterocycles. The van der Waals surface area contributed by atoms with Crippen LogP contribution in [-0.2, 0) is 33.2 Å². The molecule has 17 unspecified atom stereocenters. The van der Waals surface area contributed by atoms with Gasteiger partial charge in [0.25, 0.3) is 0 Å². The molecular formula is C70H117NO18. The van der Waals surface area contributed by atoms with Gasteiger partial charge in [0.2, 0.25) is 5.91 Å². The van der Waals surface area contributed by atoms with Crippen molar-refractivity contribution in [1.29, 1.82) is 0 Å². The Bertz CT molecular complexity index is 2040. The number of hydrogen-bond donors (Lipinski definition) is 12. The maximum Gasteiger partial charge on any atom is 0.220 e. The first-order valence-electron chi connectivity index (χ1n) is 33.6. The van der Waals surface area contributed by atoms with E-state index in [1.54, 1.807) is 6.08 Å². The van der Waals surface area contributed by atoms with Gasteiger partial charge in [0.15, 0.2) is 18.9 Å². The summed E-state index contributed by atoms with van der Waals surface area (Å²) in [5.41, 5.74) is 0. The normalized spacial score (nSPS) is 28.9. The van der Waals surface area contributed by atoms with E-state index in [9.17, 15) is 61.0 Å². The van der Waals surface area contributed by atoms with Crippen LogP contribution in [0.15, 0.2) is 109 Å². The molecule has 0 bridgehead atoms. The zero-order chi connectivity index (χ0) is 64.7. The van der Waals surface area contributed by atoms with Crippen molar-refractivity contribution in [2.45, 2.75) is 298 Å². The summed E-state index contributed by atoms with van der Waals surface area (Å²) in [4.78, 5) is 13.3. The highest BCUT2D eigenvalue weighted by Gasteiger charge is 2.53. The minimum Gasteiger partial charge on any atom is -0.394 e. The van der Waals surface area contributed by atoms with Gasteiger partial charge in [-0.15, -0.1) is 0 Å². The van der Waals surface area contributed by atoms with Crippen molar-refractivity contribution in [2.24, 2.45) is 0 Å². The third-order valence-corrected chi connectivity index (χ3v) is 16.1. The number of carbonyl (C=O) groups is 1. The summed E-state index contributed by atoms with van der Waals surface area (Å²) in [6, 6.07) is -0.995. The Morgan fingerprint density at radius 1 is 0.416 bits per heavy atom. The number of aliphatic hydroxyl groups excluding tert-OH is 11. The van der Waals surface area contributed by atoms with Gasteiger partial charge in [0, 0.05) is 6.42 Å². The molecule has 0 aromatic heterocycles. The fraction of sp³-hybridized carbons (Fsp3) is 0.729. The first-order chi connectivity index (χ1) is 43.3. The number of hydrogen-bond acceptors (Lipinski definition) is 18. The van der Waals surface area contributed by atoms with Crippen molar-refractivity contribution in [3.63, 3.8) is 0 Å². The molecule has 0 spiro atoms. The molecule has 3 rings (SSSR count). The molecule has 3 aliphatic rings. The van der Waals surface area contributed by atoms with Crippen LogP contribution >= 0.6 is 0 Å². The molecule has 0 aromatic carbocycles. The van der Waals surface area contributed by atoms with E-state index in [0.29, 0.717) is 12.8 Å². The molecule has 19 nitrogen and oxygen atoms in total. The maximum atomic E-state index is 13.3. The summed E-state index contributed by atoms with van der Waals surface area (Å²) in [5, 5.41) is 120. The van der Waals surface area contributed by atoms with E-state index in [4.69, 9.17) is 28.4 Å². The first kappa shape index (κ1) is 79.7. The van der Waals surface area contributed by atoms with Crippen LogP contribution in [0.2, 0.25) is 0 Å².